The molecule has 0 aliphatic rings. The molecule has 2 aromatic rings. The summed E-state index contributed by atoms with van der Waals surface area (Å²) in [6.07, 6.45) is 1.78. The molecule has 76 valence electrons. The van der Waals surface area contributed by atoms with Crippen molar-refractivity contribution in [1.29, 1.82) is 5.26 Å². The van der Waals surface area contributed by atoms with Gasteiger partial charge in [0.05, 0.1) is 12.3 Å². The molecule has 0 spiro atoms. The number of nitrogens with zero attached hydrogens (tertiary/aromatic N) is 3. The van der Waals surface area contributed by atoms with E-state index < -0.39 is 0 Å². The molecule has 0 bridgehead atoms. The van der Waals surface area contributed by atoms with Gasteiger partial charge in [0.25, 0.3) is 0 Å². The molecule has 0 N–H and O–H groups in total. The zero-order chi connectivity index (χ0) is 10.8. The van der Waals surface area contributed by atoms with Gasteiger partial charge in [-0.15, -0.1) is 11.3 Å². The Morgan fingerprint density at radius 1 is 1.60 bits per heavy atom. The van der Waals surface area contributed by atoms with Gasteiger partial charge < -0.3 is 0 Å². The number of hydrogen-bond acceptors (Lipinski definition) is 3. The van der Waals surface area contributed by atoms with E-state index in [-0.39, 0.29) is 5.92 Å². The summed E-state index contributed by atoms with van der Waals surface area (Å²) < 4.78 is 1.80. The highest BCUT2D eigenvalue weighted by Crippen LogP contribution is 2.29. The van der Waals surface area contributed by atoms with Gasteiger partial charge in [-0.05, 0) is 18.4 Å². The number of hydrogen-bond donors (Lipinski definition) is 0. The van der Waals surface area contributed by atoms with Gasteiger partial charge in [0.1, 0.15) is 5.92 Å². The van der Waals surface area contributed by atoms with E-state index in [0.29, 0.717) is 0 Å². The van der Waals surface area contributed by atoms with E-state index in [1.165, 1.54) is 0 Å². The second-order valence-electron chi connectivity index (χ2n) is 3.39. The maximum absolute atomic E-state index is 9.20. The Bertz CT molecular complexity index is 490. The predicted molar refractivity (Wildman–Crippen MR) is 59.7 cm³/mol. The van der Waals surface area contributed by atoms with Gasteiger partial charge in [-0.3, -0.25) is 4.68 Å². The van der Waals surface area contributed by atoms with Crippen molar-refractivity contribution in [2.75, 3.05) is 0 Å². The molecule has 0 radical (unpaired) electrons. The molecule has 0 saturated heterocycles. The summed E-state index contributed by atoms with van der Waals surface area (Å²) >= 11 is 1.61. The quantitative estimate of drug-likeness (QED) is 0.775. The first-order valence-electron chi connectivity index (χ1n) is 4.65. The van der Waals surface area contributed by atoms with Crippen LogP contribution in [0.1, 0.15) is 22.1 Å². The summed E-state index contributed by atoms with van der Waals surface area (Å²) in [5, 5.41) is 15.4. The Balaban J connectivity index is 2.45. The highest BCUT2D eigenvalue weighted by molar-refractivity contribution is 7.10. The van der Waals surface area contributed by atoms with Gasteiger partial charge in [0.2, 0.25) is 0 Å². The van der Waals surface area contributed by atoms with E-state index in [1.807, 2.05) is 31.5 Å². The van der Waals surface area contributed by atoms with E-state index in [1.54, 1.807) is 22.2 Å². The minimum atomic E-state index is -0.182. The molecule has 1 unspecified atom stereocenters. The molecule has 4 heteroatoms. The monoisotopic (exact) mass is 217 g/mol. The minimum Gasteiger partial charge on any atom is -0.273 e. The Labute approximate surface area is 92.6 Å². The van der Waals surface area contributed by atoms with Crippen LogP contribution in [0.25, 0.3) is 0 Å². The van der Waals surface area contributed by atoms with Crippen LogP contribution in [0.5, 0.6) is 0 Å². The fourth-order valence-corrected chi connectivity index (χ4v) is 2.33. The van der Waals surface area contributed by atoms with Crippen molar-refractivity contribution in [3.8, 4) is 6.07 Å². The lowest BCUT2D eigenvalue weighted by atomic mass is 10.0. The Morgan fingerprint density at radius 3 is 2.87 bits per heavy atom. The molecule has 2 heterocycles. The Hall–Kier alpha value is -1.60. The third kappa shape index (κ3) is 1.66. The van der Waals surface area contributed by atoms with E-state index in [4.69, 9.17) is 0 Å². The normalized spacial score (nSPS) is 12.3. The molecule has 3 nitrogen and oxygen atoms in total. The van der Waals surface area contributed by atoms with E-state index in [9.17, 15) is 5.26 Å². The molecule has 1 atom stereocenters. The zero-order valence-electron chi connectivity index (χ0n) is 8.64. The third-order valence-electron chi connectivity index (χ3n) is 2.54. The second kappa shape index (κ2) is 3.87. The fourth-order valence-electron chi connectivity index (χ4n) is 1.54. The van der Waals surface area contributed by atoms with Crippen molar-refractivity contribution in [3.05, 3.63) is 39.8 Å². The van der Waals surface area contributed by atoms with Crippen molar-refractivity contribution in [2.24, 2.45) is 7.05 Å². The lowest BCUT2D eigenvalue weighted by molar-refractivity contribution is 0.737. The lowest BCUT2D eigenvalue weighted by Gasteiger charge is -2.05. The number of aromatic nitrogens is 2. The maximum atomic E-state index is 9.20. The number of thiophene rings is 1. The van der Waals surface area contributed by atoms with Gasteiger partial charge in [-0.1, -0.05) is 6.07 Å². The summed E-state index contributed by atoms with van der Waals surface area (Å²) in [5.74, 6) is -0.182. The van der Waals surface area contributed by atoms with E-state index >= 15 is 0 Å². The van der Waals surface area contributed by atoms with Gasteiger partial charge in [-0.2, -0.15) is 10.4 Å². The molecule has 0 fully saturated rings. The summed E-state index contributed by atoms with van der Waals surface area (Å²) in [5.41, 5.74) is 2.05. The first kappa shape index (κ1) is 9.94. The molecular weight excluding hydrogens is 206 g/mol. The molecule has 0 aliphatic heterocycles. The highest BCUT2D eigenvalue weighted by Gasteiger charge is 2.18. The number of aryl methyl sites for hydroxylation is 1. The van der Waals surface area contributed by atoms with Crippen LogP contribution in [-0.4, -0.2) is 9.78 Å². The van der Waals surface area contributed by atoms with Crippen LogP contribution < -0.4 is 0 Å². The molecule has 2 rings (SSSR count). The molecule has 0 amide bonds. The van der Waals surface area contributed by atoms with Crippen LogP contribution in [0.3, 0.4) is 0 Å². The average molecular weight is 217 g/mol. The SMILES string of the molecule is Cc1c(C(C#N)c2cccs2)cnn1C. The van der Waals surface area contributed by atoms with Crippen molar-refractivity contribution >= 4 is 11.3 Å². The predicted octanol–water partition coefficient (Wildman–Crippen LogP) is 2.45. The van der Waals surface area contributed by atoms with Crippen LogP contribution in [0.2, 0.25) is 0 Å². The Morgan fingerprint density at radius 2 is 2.40 bits per heavy atom. The van der Waals surface area contributed by atoms with Gasteiger partial charge >= 0.3 is 0 Å². The van der Waals surface area contributed by atoms with Crippen LogP contribution in [0, 0.1) is 18.3 Å². The second-order valence-corrected chi connectivity index (χ2v) is 4.37. The largest absolute Gasteiger partial charge is 0.273 e. The summed E-state index contributed by atoms with van der Waals surface area (Å²) in [6, 6.07) is 6.29. The van der Waals surface area contributed by atoms with Crippen LogP contribution >= 0.6 is 11.3 Å². The molecule has 2 aromatic heterocycles. The van der Waals surface area contributed by atoms with Gasteiger partial charge in [0.15, 0.2) is 0 Å². The molecule has 15 heavy (non-hydrogen) atoms. The Kier molecular flexibility index (Phi) is 2.57. The first-order chi connectivity index (χ1) is 7.24. The minimum absolute atomic E-state index is 0.182. The summed E-state index contributed by atoms with van der Waals surface area (Å²) in [4.78, 5) is 1.08. The summed E-state index contributed by atoms with van der Waals surface area (Å²) in [6.45, 7) is 1.99. The molecule has 0 aliphatic carbocycles. The van der Waals surface area contributed by atoms with Gasteiger partial charge in [0, 0.05) is 23.2 Å². The van der Waals surface area contributed by atoms with Crippen molar-refractivity contribution < 1.29 is 0 Å². The van der Waals surface area contributed by atoms with Crippen molar-refractivity contribution in [1.82, 2.24) is 9.78 Å². The average Bonchev–Trinajstić information content (AvgIpc) is 2.84. The topological polar surface area (TPSA) is 41.6 Å². The van der Waals surface area contributed by atoms with E-state index in [2.05, 4.69) is 11.2 Å². The molecular formula is C11H11N3S. The highest BCUT2D eigenvalue weighted by atomic mass is 32.1. The van der Waals surface area contributed by atoms with Crippen LogP contribution in [0.4, 0.5) is 0 Å². The lowest BCUT2D eigenvalue weighted by Crippen LogP contribution is -1.99. The van der Waals surface area contributed by atoms with Crippen molar-refractivity contribution in [2.45, 2.75) is 12.8 Å². The number of nitriles is 1. The van der Waals surface area contributed by atoms with Crippen LogP contribution in [-0.2, 0) is 7.05 Å². The summed E-state index contributed by atoms with van der Waals surface area (Å²) in [7, 11) is 1.89. The van der Waals surface area contributed by atoms with Crippen molar-refractivity contribution in [3.63, 3.8) is 0 Å². The van der Waals surface area contributed by atoms with Crippen LogP contribution in [0.15, 0.2) is 23.7 Å². The zero-order valence-corrected chi connectivity index (χ0v) is 9.45. The third-order valence-corrected chi connectivity index (χ3v) is 3.48. The maximum Gasteiger partial charge on any atom is 0.109 e. The first-order valence-corrected chi connectivity index (χ1v) is 5.53. The molecule has 0 saturated carbocycles. The smallest absolute Gasteiger partial charge is 0.109 e. The van der Waals surface area contributed by atoms with Gasteiger partial charge in [-0.25, -0.2) is 0 Å². The fraction of sp³-hybridized carbons (Fsp3) is 0.273. The molecule has 0 aromatic carbocycles. The van der Waals surface area contributed by atoms with E-state index in [0.717, 1.165) is 16.1 Å². The number of rotatable bonds is 2. The standard InChI is InChI=1S/C11H11N3S/c1-8-10(7-13-14(8)2)9(6-12)11-4-3-5-15-11/h3-5,7,9H,1-2H3.